The molecule has 0 aliphatic heterocycles. The monoisotopic (exact) mass is 493 g/mol. The van der Waals surface area contributed by atoms with Crippen molar-refractivity contribution in [3.05, 3.63) is 95.6 Å². The van der Waals surface area contributed by atoms with Crippen molar-refractivity contribution in [2.24, 2.45) is 0 Å². The summed E-state index contributed by atoms with van der Waals surface area (Å²) in [7, 11) is -3.64. The van der Waals surface area contributed by atoms with E-state index >= 15 is 0 Å². The van der Waals surface area contributed by atoms with Gasteiger partial charge in [-0.15, -0.1) is 0 Å². The molecule has 33 heavy (non-hydrogen) atoms. The Morgan fingerprint density at radius 2 is 1.48 bits per heavy atom. The van der Waals surface area contributed by atoms with Gasteiger partial charge in [-0.25, -0.2) is 13.1 Å². The number of hydrogen-bond acceptors (Lipinski definition) is 3. The van der Waals surface area contributed by atoms with Gasteiger partial charge in [0.05, 0.1) is 10.5 Å². The summed E-state index contributed by atoms with van der Waals surface area (Å²) in [6.45, 7) is 0.520. The van der Waals surface area contributed by atoms with E-state index in [1.807, 2.05) is 30.3 Å². The normalized spacial score (nSPS) is 11.7. The number of alkyl halides is 3. The molecule has 3 aromatic carbocycles. The van der Waals surface area contributed by atoms with Crippen molar-refractivity contribution in [2.75, 3.05) is 11.9 Å². The first kappa shape index (κ1) is 24.7. The van der Waals surface area contributed by atoms with Crippen LogP contribution in [0.25, 0.3) is 0 Å². The highest BCUT2D eigenvalue weighted by Crippen LogP contribution is 2.29. The number of nitrogens with one attached hydrogen (secondary N) is 3. The van der Waals surface area contributed by atoms with Crippen molar-refractivity contribution in [2.45, 2.75) is 24.0 Å². The molecule has 174 valence electrons. The average Bonchev–Trinajstić information content (AvgIpc) is 2.78. The van der Waals surface area contributed by atoms with Gasteiger partial charge in [-0.3, -0.25) is 0 Å². The van der Waals surface area contributed by atoms with E-state index in [1.54, 1.807) is 12.1 Å². The number of sulfonamides is 1. The van der Waals surface area contributed by atoms with Gasteiger partial charge in [0, 0.05) is 18.8 Å². The molecule has 0 aromatic heterocycles. The number of anilines is 1. The van der Waals surface area contributed by atoms with Crippen LogP contribution in [0.15, 0.2) is 83.8 Å². The van der Waals surface area contributed by atoms with Gasteiger partial charge in [-0.05, 0) is 66.2 Å². The minimum Gasteiger partial charge on any atom is -0.358 e. The Kier molecular flexibility index (Phi) is 8.06. The van der Waals surface area contributed by atoms with Crippen LogP contribution in [0.2, 0.25) is 0 Å². The standard InChI is InChI=1S/C23H22F3N3O2S2/c24-23(25,26)19-8-6-18(7-9-19)16-27-22(32)29-20-10-12-21(13-11-20)33(30,31)28-15-14-17-4-2-1-3-5-17/h1-13,28H,14-16H2,(H2,27,29,32). The smallest absolute Gasteiger partial charge is 0.358 e. The Labute approximate surface area is 196 Å². The van der Waals surface area contributed by atoms with Crippen LogP contribution in [-0.2, 0) is 29.2 Å². The lowest BCUT2D eigenvalue weighted by Crippen LogP contribution is -2.28. The SMILES string of the molecule is O=S(=O)(NCCc1ccccc1)c1ccc(NC(=S)NCc2ccc(C(F)(F)F)cc2)cc1. The Balaban J connectivity index is 1.48. The second-order valence-electron chi connectivity index (χ2n) is 7.16. The molecule has 0 aliphatic carbocycles. The van der Waals surface area contributed by atoms with Gasteiger partial charge in [0.15, 0.2) is 5.11 Å². The molecule has 0 saturated heterocycles. The van der Waals surface area contributed by atoms with E-state index in [1.165, 1.54) is 24.3 Å². The fourth-order valence-corrected chi connectivity index (χ4v) is 4.17. The predicted molar refractivity (Wildman–Crippen MR) is 126 cm³/mol. The third-order valence-electron chi connectivity index (χ3n) is 4.71. The lowest BCUT2D eigenvalue weighted by atomic mass is 10.1. The molecule has 0 aliphatic rings. The zero-order chi connectivity index (χ0) is 23.9. The topological polar surface area (TPSA) is 70.2 Å². The first-order valence-corrected chi connectivity index (χ1v) is 11.9. The fraction of sp³-hybridized carbons (Fsp3) is 0.174. The molecule has 10 heteroatoms. The van der Waals surface area contributed by atoms with E-state index in [9.17, 15) is 21.6 Å². The molecular formula is C23H22F3N3O2S2. The van der Waals surface area contributed by atoms with Gasteiger partial charge < -0.3 is 10.6 Å². The van der Waals surface area contributed by atoms with Gasteiger partial charge in [-0.1, -0.05) is 42.5 Å². The third-order valence-corrected chi connectivity index (χ3v) is 6.43. The molecule has 5 nitrogen and oxygen atoms in total. The summed E-state index contributed by atoms with van der Waals surface area (Å²) in [5.41, 5.74) is 1.53. The van der Waals surface area contributed by atoms with Gasteiger partial charge in [0.2, 0.25) is 10.0 Å². The lowest BCUT2D eigenvalue weighted by molar-refractivity contribution is -0.137. The fourth-order valence-electron chi connectivity index (χ4n) is 2.94. The highest BCUT2D eigenvalue weighted by Gasteiger charge is 2.29. The Morgan fingerprint density at radius 3 is 2.09 bits per heavy atom. The first-order chi connectivity index (χ1) is 15.6. The largest absolute Gasteiger partial charge is 0.416 e. The van der Waals surface area contributed by atoms with Crippen molar-refractivity contribution in [3.63, 3.8) is 0 Å². The summed E-state index contributed by atoms with van der Waals surface area (Å²) in [4.78, 5) is 0.129. The Hall–Kier alpha value is -2.95. The molecule has 0 fully saturated rings. The summed E-state index contributed by atoms with van der Waals surface area (Å²) in [5.74, 6) is 0. The maximum Gasteiger partial charge on any atom is 0.416 e. The van der Waals surface area contributed by atoms with Gasteiger partial charge in [0.1, 0.15) is 0 Å². The van der Waals surface area contributed by atoms with Crippen molar-refractivity contribution >= 4 is 33.0 Å². The second kappa shape index (κ2) is 10.8. The summed E-state index contributed by atoms with van der Waals surface area (Å²) >= 11 is 5.20. The van der Waals surface area contributed by atoms with Crippen LogP contribution in [-0.4, -0.2) is 20.1 Å². The van der Waals surface area contributed by atoms with Crippen LogP contribution < -0.4 is 15.4 Å². The molecular weight excluding hydrogens is 471 g/mol. The molecule has 0 amide bonds. The first-order valence-electron chi connectivity index (χ1n) is 9.98. The molecule has 0 bridgehead atoms. The lowest BCUT2D eigenvalue weighted by Gasteiger charge is -2.12. The second-order valence-corrected chi connectivity index (χ2v) is 9.34. The minimum atomic E-state index is -4.38. The number of halogens is 3. The van der Waals surface area contributed by atoms with Gasteiger partial charge in [-0.2, -0.15) is 13.2 Å². The zero-order valence-electron chi connectivity index (χ0n) is 17.4. The highest BCUT2D eigenvalue weighted by atomic mass is 32.2. The van der Waals surface area contributed by atoms with Crippen LogP contribution >= 0.6 is 12.2 Å². The number of thiocarbonyl (C=S) groups is 1. The van der Waals surface area contributed by atoms with E-state index in [2.05, 4.69) is 15.4 Å². The summed E-state index contributed by atoms with van der Waals surface area (Å²) in [5, 5.41) is 6.07. The van der Waals surface area contributed by atoms with Crippen LogP contribution in [0.5, 0.6) is 0 Å². The molecule has 0 unspecified atom stereocenters. The molecule has 3 aromatic rings. The predicted octanol–water partition coefficient (Wildman–Crippen LogP) is 4.71. The number of rotatable bonds is 8. The zero-order valence-corrected chi connectivity index (χ0v) is 19.0. The maximum atomic E-state index is 12.6. The van der Waals surface area contributed by atoms with E-state index in [0.29, 0.717) is 17.7 Å². The van der Waals surface area contributed by atoms with Crippen LogP contribution in [0, 0.1) is 0 Å². The van der Waals surface area contributed by atoms with Crippen LogP contribution in [0.1, 0.15) is 16.7 Å². The van der Waals surface area contributed by atoms with Crippen LogP contribution in [0.3, 0.4) is 0 Å². The minimum absolute atomic E-state index is 0.129. The molecule has 0 spiro atoms. The van der Waals surface area contributed by atoms with Crippen molar-refractivity contribution in [1.82, 2.24) is 10.0 Å². The Bertz CT molecular complexity index is 1170. The third kappa shape index (κ3) is 7.55. The van der Waals surface area contributed by atoms with Crippen LogP contribution in [0.4, 0.5) is 18.9 Å². The van der Waals surface area contributed by atoms with Gasteiger partial charge >= 0.3 is 6.18 Å². The highest BCUT2D eigenvalue weighted by molar-refractivity contribution is 7.89. The van der Waals surface area contributed by atoms with E-state index in [-0.39, 0.29) is 23.1 Å². The summed E-state index contributed by atoms with van der Waals surface area (Å²) in [6, 6.07) is 20.4. The quantitative estimate of drug-likeness (QED) is 0.397. The number of hydrogen-bond donors (Lipinski definition) is 3. The number of benzene rings is 3. The van der Waals surface area contributed by atoms with Crippen molar-refractivity contribution < 1.29 is 21.6 Å². The summed E-state index contributed by atoms with van der Waals surface area (Å²) in [6.07, 6.45) is -3.79. The van der Waals surface area contributed by atoms with Crippen molar-refractivity contribution in [1.29, 1.82) is 0 Å². The maximum absolute atomic E-state index is 12.6. The molecule has 0 radical (unpaired) electrons. The van der Waals surface area contributed by atoms with E-state index in [4.69, 9.17) is 12.2 Å². The average molecular weight is 494 g/mol. The molecule has 0 atom stereocenters. The van der Waals surface area contributed by atoms with Gasteiger partial charge in [0.25, 0.3) is 0 Å². The summed E-state index contributed by atoms with van der Waals surface area (Å²) < 4.78 is 65.4. The van der Waals surface area contributed by atoms with Crippen molar-refractivity contribution in [3.8, 4) is 0 Å². The molecule has 3 rings (SSSR count). The van der Waals surface area contributed by atoms with E-state index < -0.39 is 21.8 Å². The Morgan fingerprint density at radius 1 is 0.848 bits per heavy atom. The molecule has 0 saturated carbocycles. The van der Waals surface area contributed by atoms with E-state index in [0.717, 1.165) is 17.7 Å². The molecule has 3 N–H and O–H groups in total. The molecule has 0 heterocycles.